The van der Waals surface area contributed by atoms with Crippen molar-refractivity contribution < 1.29 is 14.7 Å². The van der Waals surface area contributed by atoms with Crippen LogP contribution in [0.3, 0.4) is 0 Å². The van der Waals surface area contributed by atoms with Crippen molar-refractivity contribution in [3.05, 3.63) is 28.8 Å². The van der Waals surface area contributed by atoms with E-state index in [2.05, 4.69) is 5.32 Å². The maximum Gasteiger partial charge on any atom is 0.305 e. The van der Waals surface area contributed by atoms with E-state index in [-0.39, 0.29) is 18.9 Å². The van der Waals surface area contributed by atoms with Crippen molar-refractivity contribution in [1.82, 2.24) is 5.32 Å². The van der Waals surface area contributed by atoms with E-state index in [1.807, 2.05) is 6.92 Å². The van der Waals surface area contributed by atoms with Crippen LogP contribution in [0.15, 0.2) is 23.1 Å². The van der Waals surface area contributed by atoms with Gasteiger partial charge in [0.2, 0.25) is 0 Å². The number of carbonyl (C=O) groups excluding carboxylic acids is 1. The zero-order valence-corrected chi connectivity index (χ0v) is 11.5. The van der Waals surface area contributed by atoms with Crippen LogP contribution >= 0.6 is 23.4 Å². The summed E-state index contributed by atoms with van der Waals surface area (Å²) in [5.74, 6) is -0.393. The lowest BCUT2D eigenvalue weighted by Gasteiger charge is -2.09. The Morgan fingerprint density at radius 3 is 2.78 bits per heavy atom. The van der Waals surface area contributed by atoms with Crippen LogP contribution in [0.5, 0.6) is 0 Å². The van der Waals surface area contributed by atoms with Gasteiger partial charge in [-0.2, -0.15) is 0 Å². The van der Waals surface area contributed by atoms with Crippen molar-refractivity contribution in [2.45, 2.75) is 18.2 Å². The van der Waals surface area contributed by atoms with Gasteiger partial charge in [0, 0.05) is 16.5 Å². The molecule has 0 heterocycles. The lowest BCUT2D eigenvalue weighted by molar-refractivity contribution is -0.136. The highest BCUT2D eigenvalue weighted by molar-refractivity contribution is 7.99. The number of thioether (sulfide) groups is 1. The van der Waals surface area contributed by atoms with Crippen molar-refractivity contribution in [1.29, 1.82) is 0 Å². The van der Waals surface area contributed by atoms with Gasteiger partial charge in [-0.15, -0.1) is 11.8 Å². The second kappa shape index (κ2) is 7.28. The van der Waals surface area contributed by atoms with E-state index in [1.54, 1.807) is 30.0 Å². The topological polar surface area (TPSA) is 66.4 Å². The van der Waals surface area contributed by atoms with Crippen LogP contribution in [0, 0.1) is 0 Å². The van der Waals surface area contributed by atoms with Gasteiger partial charge in [0.25, 0.3) is 5.91 Å². The first-order valence-electron chi connectivity index (χ1n) is 5.47. The van der Waals surface area contributed by atoms with Crippen molar-refractivity contribution in [2.24, 2.45) is 0 Å². The Morgan fingerprint density at radius 1 is 1.44 bits per heavy atom. The first-order valence-corrected chi connectivity index (χ1v) is 6.83. The Bertz CT molecular complexity index is 451. The minimum atomic E-state index is -0.940. The predicted molar refractivity (Wildman–Crippen MR) is 72.4 cm³/mol. The summed E-state index contributed by atoms with van der Waals surface area (Å²) in [4.78, 5) is 23.1. The zero-order chi connectivity index (χ0) is 13.5. The van der Waals surface area contributed by atoms with Crippen LogP contribution in [0.2, 0.25) is 5.02 Å². The van der Waals surface area contributed by atoms with Crippen LogP contribution in [-0.2, 0) is 4.79 Å². The summed E-state index contributed by atoms with van der Waals surface area (Å²) >= 11 is 7.41. The molecule has 0 aliphatic heterocycles. The standard InChI is InChI=1S/C12H14ClNO3S/c1-2-18-10-4-3-8(13)7-9(10)12(17)14-6-5-11(15)16/h3-4,7H,2,5-6H2,1H3,(H,14,17)(H,15,16). The molecule has 98 valence electrons. The molecule has 0 aromatic heterocycles. The van der Waals surface area contributed by atoms with E-state index in [1.165, 1.54) is 0 Å². The molecular formula is C12H14ClNO3S. The maximum absolute atomic E-state index is 11.9. The minimum absolute atomic E-state index is 0.0947. The van der Waals surface area contributed by atoms with E-state index in [9.17, 15) is 9.59 Å². The lowest BCUT2D eigenvalue weighted by atomic mass is 10.2. The molecule has 2 N–H and O–H groups in total. The van der Waals surface area contributed by atoms with Gasteiger partial charge in [-0.3, -0.25) is 9.59 Å². The van der Waals surface area contributed by atoms with Gasteiger partial charge in [0.15, 0.2) is 0 Å². The number of hydrogen-bond donors (Lipinski definition) is 2. The number of hydrogen-bond acceptors (Lipinski definition) is 3. The Hall–Kier alpha value is -1.20. The summed E-state index contributed by atoms with van der Waals surface area (Å²) in [5, 5.41) is 11.6. The molecule has 0 aliphatic rings. The number of nitrogens with one attached hydrogen (secondary N) is 1. The molecule has 1 aromatic carbocycles. The number of carboxylic acid groups (broad SMARTS) is 1. The first kappa shape index (κ1) is 14.9. The molecule has 0 spiro atoms. The van der Waals surface area contributed by atoms with Gasteiger partial charge in [-0.05, 0) is 24.0 Å². The second-order valence-electron chi connectivity index (χ2n) is 3.47. The van der Waals surface area contributed by atoms with Gasteiger partial charge in [0.05, 0.1) is 12.0 Å². The largest absolute Gasteiger partial charge is 0.481 e. The van der Waals surface area contributed by atoms with Crippen molar-refractivity contribution in [3.63, 3.8) is 0 Å². The molecular weight excluding hydrogens is 274 g/mol. The molecule has 6 heteroatoms. The minimum Gasteiger partial charge on any atom is -0.481 e. The van der Waals surface area contributed by atoms with Gasteiger partial charge in [-0.25, -0.2) is 0 Å². The van der Waals surface area contributed by atoms with E-state index < -0.39 is 5.97 Å². The average Bonchev–Trinajstić information content (AvgIpc) is 2.31. The third kappa shape index (κ3) is 4.58. The molecule has 0 unspecified atom stereocenters. The fraction of sp³-hybridized carbons (Fsp3) is 0.333. The lowest BCUT2D eigenvalue weighted by Crippen LogP contribution is -2.26. The number of benzene rings is 1. The second-order valence-corrected chi connectivity index (χ2v) is 5.22. The number of carbonyl (C=O) groups is 2. The van der Waals surface area contributed by atoms with Gasteiger partial charge < -0.3 is 10.4 Å². The smallest absolute Gasteiger partial charge is 0.305 e. The molecule has 0 bridgehead atoms. The van der Waals surface area contributed by atoms with Crippen molar-refractivity contribution in [2.75, 3.05) is 12.3 Å². The van der Waals surface area contributed by atoms with Crippen LogP contribution < -0.4 is 5.32 Å². The highest BCUT2D eigenvalue weighted by Gasteiger charge is 2.12. The summed E-state index contributed by atoms with van der Waals surface area (Å²) in [5.41, 5.74) is 0.486. The highest BCUT2D eigenvalue weighted by atomic mass is 35.5. The zero-order valence-electron chi connectivity index (χ0n) is 9.90. The average molecular weight is 288 g/mol. The van der Waals surface area contributed by atoms with E-state index >= 15 is 0 Å². The quantitative estimate of drug-likeness (QED) is 0.790. The summed E-state index contributed by atoms with van der Waals surface area (Å²) in [7, 11) is 0. The monoisotopic (exact) mass is 287 g/mol. The molecule has 18 heavy (non-hydrogen) atoms. The summed E-state index contributed by atoms with van der Waals surface area (Å²) in [6.45, 7) is 2.10. The van der Waals surface area contributed by atoms with Gasteiger partial charge in [-0.1, -0.05) is 18.5 Å². The first-order chi connectivity index (χ1) is 8.54. The normalized spacial score (nSPS) is 10.1. The number of aliphatic carboxylic acids is 1. The van der Waals surface area contributed by atoms with E-state index in [0.717, 1.165) is 10.6 Å². The Labute approximate surface area is 115 Å². The SMILES string of the molecule is CCSc1ccc(Cl)cc1C(=O)NCCC(=O)O. The van der Waals surface area contributed by atoms with Crippen LogP contribution in [-0.4, -0.2) is 29.3 Å². The van der Waals surface area contributed by atoms with Crippen molar-refractivity contribution in [3.8, 4) is 0 Å². The molecule has 0 aliphatic carbocycles. The third-order valence-electron chi connectivity index (χ3n) is 2.11. The number of amides is 1. The van der Waals surface area contributed by atoms with Gasteiger partial charge >= 0.3 is 5.97 Å². The maximum atomic E-state index is 11.9. The number of halogens is 1. The summed E-state index contributed by atoms with van der Waals surface area (Å²) < 4.78 is 0. The van der Waals surface area contributed by atoms with Crippen molar-refractivity contribution >= 4 is 35.2 Å². The van der Waals surface area contributed by atoms with Crippen LogP contribution in [0.25, 0.3) is 0 Å². The predicted octanol–water partition coefficient (Wildman–Crippen LogP) is 2.66. The molecule has 0 radical (unpaired) electrons. The Balaban J connectivity index is 2.76. The molecule has 0 fully saturated rings. The summed E-state index contributed by atoms with van der Waals surface area (Å²) in [6, 6.07) is 5.12. The van der Waals surface area contributed by atoms with Gasteiger partial charge in [0.1, 0.15) is 0 Å². The Kier molecular flexibility index (Phi) is 6.01. The molecule has 1 amide bonds. The van der Waals surface area contributed by atoms with E-state index in [0.29, 0.717) is 10.6 Å². The molecule has 0 atom stereocenters. The fourth-order valence-electron chi connectivity index (χ4n) is 1.34. The van der Waals surface area contributed by atoms with Crippen LogP contribution in [0.4, 0.5) is 0 Å². The molecule has 0 saturated carbocycles. The summed E-state index contributed by atoms with van der Waals surface area (Å²) in [6.07, 6.45) is -0.0947. The van der Waals surface area contributed by atoms with E-state index in [4.69, 9.17) is 16.7 Å². The molecule has 4 nitrogen and oxygen atoms in total. The molecule has 1 rings (SSSR count). The fourth-order valence-corrected chi connectivity index (χ4v) is 2.29. The Morgan fingerprint density at radius 2 is 2.17 bits per heavy atom. The number of rotatable bonds is 6. The number of carboxylic acids is 1. The van der Waals surface area contributed by atoms with Crippen LogP contribution in [0.1, 0.15) is 23.7 Å². The highest BCUT2D eigenvalue weighted by Crippen LogP contribution is 2.25. The molecule has 0 saturated heterocycles. The third-order valence-corrected chi connectivity index (χ3v) is 3.30. The molecule has 1 aromatic rings.